The van der Waals surface area contributed by atoms with E-state index in [0.717, 1.165) is 0 Å². The Hall–Kier alpha value is -4.82. The highest BCUT2D eigenvalue weighted by Crippen LogP contribution is 2.22. The normalized spacial score (nSPS) is 11.9. The van der Waals surface area contributed by atoms with E-state index in [0.29, 0.717) is 21.2 Å². The predicted molar refractivity (Wildman–Crippen MR) is 143 cm³/mol. The van der Waals surface area contributed by atoms with Gasteiger partial charge in [-0.15, -0.1) is 5.10 Å². The molecule has 0 aliphatic rings. The van der Waals surface area contributed by atoms with E-state index in [1.807, 2.05) is 0 Å². The van der Waals surface area contributed by atoms with Crippen molar-refractivity contribution in [3.8, 4) is 5.69 Å². The lowest BCUT2D eigenvalue weighted by molar-refractivity contribution is -0.204. The molecule has 3 amide bonds. The summed E-state index contributed by atoms with van der Waals surface area (Å²) in [5.74, 6) is -0.736. The molecule has 0 saturated heterocycles. The topological polar surface area (TPSA) is 149 Å². The Balaban J connectivity index is 1.48. The molecule has 0 aliphatic heterocycles. The number of carbonyl (C=O) groups is 2. The summed E-state index contributed by atoms with van der Waals surface area (Å²) < 4.78 is 40.5. The van der Waals surface area contributed by atoms with Gasteiger partial charge < -0.3 is 15.7 Å². The van der Waals surface area contributed by atoms with Crippen LogP contribution in [0.1, 0.15) is 21.7 Å². The Kier molecular flexibility index (Phi) is 8.94. The minimum Gasteiger partial charge on any atom is -0.382 e. The highest BCUT2D eigenvalue weighted by Gasteiger charge is 2.41. The predicted octanol–water partition coefficient (Wildman–Crippen LogP) is 4.03. The molecule has 0 radical (unpaired) electrons. The van der Waals surface area contributed by atoms with Crippen molar-refractivity contribution in [1.82, 2.24) is 30.0 Å². The van der Waals surface area contributed by atoms with Gasteiger partial charge >= 0.3 is 12.2 Å². The molecule has 0 spiro atoms. The lowest BCUT2D eigenvalue weighted by Gasteiger charge is -2.26. The van der Waals surface area contributed by atoms with Gasteiger partial charge in [-0.2, -0.15) is 13.2 Å². The van der Waals surface area contributed by atoms with Gasteiger partial charge in [0, 0.05) is 22.3 Å². The maximum Gasteiger partial charge on any atom is 0.416 e. The molecule has 4 aromatic rings. The summed E-state index contributed by atoms with van der Waals surface area (Å²) in [6.45, 7) is -1.55. The molecule has 11 nitrogen and oxygen atoms in total. The standard InChI is InChI=1S/C26H22ClF3N8O3/c27-18-10-8-16(9-11-18)22(31)37(14-20(39)26(28,29)30)25(41)33-13-21-34-15-38(36-21)19-7-4-12-32-23(19)35-24(40)17-5-2-1-3-6-17/h1-12,15,20,31,39H,13-14H2,(H,33,41)(H,32,35,40)/t20-/m0/s1. The molecule has 2 aromatic heterocycles. The number of pyridine rings is 1. The quantitative estimate of drug-likeness (QED) is 0.181. The molecular weight excluding hydrogens is 565 g/mol. The number of urea groups is 1. The maximum absolute atomic E-state index is 13.1. The van der Waals surface area contributed by atoms with Gasteiger partial charge in [-0.1, -0.05) is 29.8 Å². The molecule has 2 heterocycles. The van der Waals surface area contributed by atoms with E-state index in [1.54, 1.807) is 42.5 Å². The number of nitrogens with one attached hydrogen (secondary N) is 3. The van der Waals surface area contributed by atoms with Crippen molar-refractivity contribution in [1.29, 1.82) is 5.41 Å². The Labute approximate surface area is 236 Å². The largest absolute Gasteiger partial charge is 0.416 e. The summed E-state index contributed by atoms with van der Waals surface area (Å²) in [5, 5.41) is 27.5. The van der Waals surface area contributed by atoms with Crippen LogP contribution >= 0.6 is 11.6 Å². The van der Waals surface area contributed by atoms with Crippen LogP contribution in [0.5, 0.6) is 0 Å². The second-order valence-corrected chi connectivity index (χ2v) is 8.92. The van der Waals surface area contributed by atoms with Crippen molar-refractivity contribution < 1.29 is 27.9 Å². The summed E-state index contributed by atoms with van der Waals surface area (Å²) in [4.78, 5) is 34.2. The first-order valence-electron chi connectivity index (χ1n) is 11.9. The minimum absolute atomic E-state index is 0.0666. The van der Waals surface area contributed by atoms with Crippen molar-refractivity contribution in [2.24, 2.45) is 0 Å². The highest BCUT2D eigenvalue weighted by atomic mass is 35.5. The number of anilines is 1. The number of benzene rings is 2. The minimum atomic E-state index is -5.02. The Bertz CT molecular complexity index is 1530. The van der Waals surface area contributed by atoms with E-state index in [9.17, 15) is 27.9 Å². The number of aliphatic hydroxyl groups excluding tert-OH is 1. The molecule has 212 valence electrons. The summed E-state index contributed by atoms with van der Waals surface area (Å²) in [6.07, 6.45) is -5.14. The highest BCUT2D eigenvalue weighted by molar-refractivity contribution is 6.30. The fourth-order valence-electron chi connectivity index (χ4n) is 3.51. The van der Waals surface area contributed by atoms with E-state index in [1.165, 1.54) is 41.5 Å². The van der Waals surface area contributed by atoms with Gasteiger partial charge in [0.15, 0.2) is 17.7 Å². The number of amidine groups is 1. The van der Waals surface area contributed by atoms with Crippen LogP contribution in [0.3, 0.4) is 0 Å². The summed E-state index contributed by atoms with van der Waals surface area (Å²) in [6, 6.07) is 16.2. The van der Waals surface area contributed by atoms with Crippen LogP contribution in [0, 0.1) is 5.41 Å². The molecule has 0 aliphatic carbocycles. The lowest BCUT2D eigenvalue weighted by atomic mass is 10.2. The number of carbonyl (C=O) groups excluding carboxylic acids is 2. The van der Waals surface area contributed by atoms with E-state index in [-0.39, 0.29) is 23.8 Å². The number of aromatic nitrogens is 4. The van der Waals surface area contributed by atoms with Gasteiger partial charge in [-0.05, 0) is 48.5 Å². The molecular formula is C26H22ClF3N8O3. The van der Waals surface area contributed by atoms with E-state index in [4.69, 9.17) is 17.0 Å². The number of amides is 3. The molecule has 0 unspecified atom stereocenters. The van der Waals surface area contributed by atoms with Crippen LogP contribution in [0.4, 0.5) is 23.8 Å². The van der Waals surface area contributed by atoms with Crippen molar-refractivity contribution >= 4 is 35.2 Å². The van der Waals surface area contributed by atoms with Crippen LogP contribution in [0.25, 0.3) is 5.69 Å². The monoisotopic (exact) mass is 586 g/mol. The number of rotatable bonds is 8. The summed E-state index contributed by atoms with van der Waals surface area (Å²) in [7, 11) is 0. The van der Waals surface area contributed by atoms with Gasteiger partial charge in [0.25, 0.3) is 5.91 Å². The Morgan fingerprint density at radius 3 is 2.41 bits per heavy atom. The van der Waals surface area contributed by atoms with E-state index in [2.05, 4.69) is 25.7 Å². The van der Waals surface area contributed by atoms with Crippen molar-refractivity contribution in [2.75, 3.05) is 11.9 Å². The molecule has 1 atom stereocenters. The van der Waals surface area contributed by atoms with Crippen LogP contribution in [-0.4, -0.2) is 66.4 Å². The van der Waals surface area contributed by atoms with Crippen LogP contribution in [0.15, 0.2) is 79.3 Å². The first-order valence-corrected chi connectivity index (χ1v) is 12.3. The molecule has 0 fully saturated rings. The van der Waals surface area contributed by atoms with Crippen LogP contribution < -0.4 is 10.6 Å². The van der Waals surface area contributed by atoms with Gasteiger partial charge in [-0.25, -0.2) is 19.4 Å². The SMILES string of the molecule is N=C(c1ccc(Cl)cc1)N(C[C@H](O)C(F)(F)F)C(=O)NCc1ncn(-c2cccnc2NC(=O)c2ccccc2)n1. The molecule has 4 N–H and O–H groups in total. The first kappa shape index (κ1) is 29.2. The van der Waals surface area contributed by atoms with Gasteiger partial charge in [0.05, 0.1) is 13.1 Å². The lowest BCUT2D eigenvalue weighted by Crippen LogP contribution is -2.50. The molecule has 41 heavy (non-hydrogen) atoms. The molecule has 2 aromatic carbocycles. The van der Waals surface area contributed by atoms with E-state index >= 15 is 0 Å². The second kappa shape index (κ2) is 12.6. The zero-order valence-corrected chi connectivity index (χ0v) is 21.8. The smallest absolute Gasteiger partial charge is 0.382 e. The number of nitrogens with zero attached hydrogens (tertiary/aromatic N) is 5. The molecule has 0 saturated carbocycles. The third-order valence-corrected chi connectivity index (χ3v) is 5.86. The zero-order chi connectivity index (χ0) is 29.6. The Morgan fingerprint density at radius 1 is 1.02 bits per heavy atom. The van der Waals surface area contributed by atoms with Gasteiger partial charge in [0.2, 0.25) is 0 Å². The van der Waals surface area contributed by atoms with Gasteiger partial charge in [-0.3, -0.25) is 15.1 Å². The van der Waals surface area contributed by atoms with Crippen molar-refractivity contribution in [3.05, 3.63) is 101 Å². The third kappa shape index (κ3) is 7.43. The molecule has 15 heteroatoms. The number of halogens is 4. The first-order chi connectivity index (χ1) is 19.5. The maximum atomic E-state index is 13.1. The third-order valence-electron chi connectivity index (χ3n) is 5.60. The average molecular weight is 587 g/mol. The fourth-order valence-corrected chi connectivity index (χ4v) is 3.63. The summed E-state index contributed by atoms with van der Waals surface area (Å²) in [5.41, 5.74) is 0.875. The second-order valence-electron chi connectivity index (χ2n) is 8.48. The fraction of sp³-hybridized carbons (Fsp3) is 0.154. The van der Waals surface area contributed by atoms with Crippen LogP contribution in [0.2, 0.25) is 5.02 Å². The van der Waals surface area contributed by atoms with E-state index < -0.39 is 36.6 Å². The van der Waals surface area contributed by atoms with Crippen molar-refractivity contribution in [3.63, 3.8) is 0 Å². The average Bonchev–Trinajstić information content (AvgIpc) is 3.43. The van der Waals surface area contributed by atoms with Crippen LogP contribution in [-0.2, 0) is 6.54 Å². The number of alkyl halides is 3. The number of aliphatic hydroxyl groups is 1. The van der Waals surface area contributed by atoms with Crippen molar-refractivity contribution in [2.45, 2.75) is 18.8 Å². The Morgan fingerprint density at radius 2 is 1.73 bits per heavy atom. The number of hydrogen-bond donors (Lipinski definition) is 4. The molecule has 4 rings (SSSR count). The number of hydrogen-bond acceptors (Lipinski definition) is 7. The molecule has 0 bridgehead atoms. The van der Waals surface area contributed by atoms with Gasteiger partial charge in [0.1, 0.15) is 17.9 Å². The summed E-state index contributed by atoms with van der Waals surface area (Å²) >= 11 is 5.84. The zero-order valence-electron chi connectivity index (χ0n) is 21.0.